The highest BCUT2D eigenvalue weighted by Crippen LogP contribution is 2.22. The molecule has 0 N–H and O–H groups in total. The normalized spacial score (nSPS) is 18.5. The van der Waals surface area contributed by atoms with Crippen LogP contribution in [0, 0.1) is 0 Å². The number of ether oxygens (including phenoxy) is 2. The summed E-state index contributed by atoms with van der Waals surface area (Å²) in [7, 11) is 1.36. The molecule has 1 aliphatic rings. The zero-order valence-corrected chi connectivity index (χ0v) is 14.1. The summed E-state index contributed by atoms with van der Waals surface area (Å²) in [6.45, 7) is 6.76. The maximum absolute atomic E-state index is 12.2. The second-order valence-corrected chi connectivity index (χ2v) is 6.49. The average Bonchev–Trinajstić information content (AvgIpc) is 2.52. The Morgan fingerprint density at radius 2 is 1.78 bits per heavy atom. The molecule has 1 fully saturated rings. The minimum atomic E-state index is -0.561. The van der Waals surface area contributed by atoms with E-state index in [-0.39, 0.29) is 12.5 Å². The summed E-state index contributed by atoms with van der Waals surface area (Å²) in [5, 5.41) is 0. The predicted molar refractivity (Wildman–Crippen MR) is 87.4 cm³/mol. The molecule has 0 spiro atoms. The van der Waals surface area contributed by atoms with E-state index >= 15 is 0 Å². The molecule has 126 valence electrons. The summed E-state index contributed by atoms with van der Waals surface area (Å²) in [6, 6.07) is 9.11. The molecule has 1 aromatic carbocycles. The molecule has 6 nitrogen and oxygen atoms in total. The number of anilines is 1. The number of hydrogen-bond donors (Lipinski definition) is 0. The molecule has 1 aromatic rings. The number of nitrogens with zero attached hydrogens (tertiary/aromatic N) is 2. The first-order chi connectivity index (χ1) is 10.8. The highest BCUT2D eigenvalue weighted by molar-refractivity contribution is 5.82. The van der Waals surface area contributed by atoms with Gasteiger partial charge < -0.3 is 19.3 Å². The lowest BCUT2D eigenvalue weighted by Crippen LogP contribution is -2.58. The van der Waals surface area contributed by atoms with Gasteiger partial charge in [-0.15, -0.1) is 0 Å². The van der Waals surface area contributed by atoms with Crippen LogP contribution in [0.15, 0.2) is 30.3 Å². The highest BCUT2D eigenvalue weighted by Gasteiger charge is 2.36. The Bertz CT molecular complexity index is 553. The molecule has 0 radical (unpaired) electrons. The Balaban J connectivity index is 2.15. The van der Waals surface area contributed by atoms with Crippen molar-refractivity contribution in [3.8, 4) is 0 Å². The fourth-order valence-corrected chi connectivity index (χ4v) is 2.54. The van der Waals surface area contributed by atoms with E-state index in [1.54, 1.807) is 4.90 Å². The number of rotatable bonds is 2. The molecule has 0 bridgehead atoms. The minimum absolute atomic E-state index is 0.247. The van der Waals surface area contributed by atoms with Crippen molar-refractivity contribution in [2.24, 2.45) is 0 Å². The van der Waals surface area contributed by atoms with E-state index in [1.165, 1.54) is 7.11 Å². The molecule has 0 aromatic heterocycles. The Morgan fingerprint density at radius 3 is 2.35 bits per heavy atom. The van der Waals surface area contributed by atoms with Crippen LogP contribution in [0.3, 0.4) is 0 Å². The third-order valence-corrected chi connectivity index (χ3v) is 3.59. The summed E-state index contributed by atoms with van der Waals surface area (Å²) in [5.74, 6) is -0.359. The quantitative estimate of drug-likeness (QED) is 0.783. The molecule has 0 aliphatic carbocycles. The number of carbonyl (C=O) groups is 2. The molecule has 1 heterocycles. The maximum atomic E-state index is 12.2. The van der Waals surface area contributed by atoms with Crippen molar-refractivity contribution in [1.82, 2.24) is 4.90 Å². The third kappa shape index (κ3) is 4.37. The fourth-order valence-electron chi connectivity index (χ4n) is 2.54. The SMILES string of the molecule is COC(=O)[C@H]1CN(C(=O)OC(C)(C)C)CCN1c1ccccc1. The van der Waals surface area contributed by atoms with Crippen LogP contribution in [0.2, 0.25) is 0 Å². The van der Waals surface area contributed by atoms with Crippen LogP contribution in [0.5, 0.6) is 0 Å². The van der Waals surface area contributed by atoms with Gasteiger partial charge in [0.1, 0.15) is 11.6 Å². The number of methoxy groups -OCH3 is 1. The Kier molecular flexibility index (Phi) is 5.13. The van der Waals surface area contributed by atoms with Gasteiger partial charge in [-0.3, -0.25) is 0 Å². The number of esters is 1. The van der Waals surface area contributed by atoms with Gasteiger partial charge in [0.25, 0.3) is 0 Å². The molecule has 1 amide bonds. The van der Waals surface area contributed by atoms with Crippen molar-refractivity contribution < 1.29 is 19.1 Å². The van der Waals surface area contributed by atoms with E-state index in [2.05, 4.69) is 0 Å². The van der Waals surface area contributed by atoms with Gasteiger partial charge in [0.2, 0.25) is 0 Å². The standard InChI is InChI=1S/C17H24N2O4/c1-17(2,3)23-16(21)18-10-11-19(13-8-6-5-7-9-13)14(12-18)15(20)22-4/h5-9,14H,10-12H2,1-4H3/t14-/m1/s1. The lowest BCUT2D eigenvalue weighted by atomic mass is 10.1. The molecule has 6 heteroatoms. The van der Waals surface area contributed by atoms with E-state index in [0.717, 1.165) is 5.69 Å². The second-order valence-electron chi connectivity index (χ2n) is 6.49. The number of amides is 1. The lowest BCUT2D eigenvalue weighted by molar-refractivity contribution is -0.143. The molecule has 2 rings (SSSR count). The monoisotopic (exact) mass is 320 g/mol. The first-order valence-electron chi connectivity index (χ1n) is 7.69. The summed E-state index contributed by atoms with van der Waals surface area (Å²) in [4.78, 5) is 27.9. The van der Waals surface area contributed by atoms with Crippen LogP contribution >= 0.6 is 0 Å². The summed E-state index contributed by atoms with van der Waals surface area (Å²) < 4.78 is 10.3. The fraction of sp³-hybridized carbons (Fsp3) is 0.529. The maximum Gasteiger partial charge on any atom is 0.410 e. The van der Waals surface area contributed by atoms with Crippen molar-refractivity contribution >= 4 is 17.7 Å². The molecule has 23 heavy (non-hydrogen) atoms. The Morgan fingerprint density at radius 1 is 1.13 bits per heavy atom. The van der Waals surface area contributed by atoms with Crippen molar-refractivity contribution in [3.63, 3.8) is 0 Å². The molecule has 0 saturated carbocycles. The van der Waals surface area contributed by atoms with Gasteiger partial charge in [0.15, 0.2) is 0 Å². The van der Waals surface area contributed by atoms with Gasteiger partial charge in [-0.2, -0.15) is 0 Å². The summed E-state index contributed by atoms with van der Waals surface area (Å²) in [5.41, 5.74) is 0.376. The van der Waals surface area contributed by atoms with Crippen molar-refractivity contribution in [1.29, 1.82) is 0 Å². The smallest absolute Gasteiger partial charge is 0.410 e. The predicted octanol–water partition coefficient (Wildman–Crippen LogP) is 2.29. The van der Waals surface area contributed by atoms with Crippen LogP contribution in [-0.2, 0) is 14.3 Å². The largest absolute Gasteiger partial charge is 0.467 e. The number of benzene rings is 1. The van der Waals surface area contributed by atoms with Gasteiger partial charge in [0.05, 0.1) is 13.7 Å². The van der Waals surface area contributed by atoms with Crippen LogP contribution < -0.4 is 4.90 Å². The second kappa shape index (κ2) is 6.89. The van der Waals surface area contributed by atoms with Crippen molar-refractivity contribution in [2.45, 2.75) is 32.4 Å². The van der Waals surface area contributed by atoms with Gasteiger partial charge in [-0.25, -0.2) is 9.59 Å². The molecular formula is C17H24N2O4. The first-order valence-corrected chi connectivity index (χ1v) is 7.69. The molecule has 1 saturated heterocycles. The average molecular weight is 320 g/mol. The third-order valence-electron chi connectivity index (χ3n) is 3.59. The van der Waals surface area contributed by atoms with Crippen LogP contribution in [0.1, 0.15) is 20.8 Å². The van der Waals surface area contributed by atoms with Crippen molar-refractivity contribution in [2.75, 3.05) is 31.6 Å². The Hall–Kier alpha value is -2.24. The summed E-state index contributed by atoms with van der Waals surface area (Å²) in [6.07, 6.45) is -0.404. The number of carbonyl (C=O) groups excluding carboxylic acids is 2. The van der Waals surface area contributed by atoms with Crippen LogP contribution in [0.25, 0.3) is 0 Å². The minimum Gasteiger partial charge on any atom is -0.467 e. The molecular weight excluding hydrogens is 296 g/mol. The number of hydrogen-bond acceptors (Lipinski definition) is 5. The topological polar surface area (TPSA) is 59.1 Å². The zero-order chi connectivity index (χ0) is 17.0. The van der Waals surface area contributed by atoms with E-state index in [0.29, 0.717) is 13.1 Å². The molecule has 1 atom stereocenters. The van der Waals surface area contributed by atoms with Crippen LogP contribution in [0.4, 0.5) is 10.5 Å². The van der Waals surface area contributed by atoms with Gasteiger partial charge >= 0.3 is 12.1 Å². The number of para-hydroxylation sites is 1. The lowest BCUT2D eigenvalue weighted by Gasteiger charge is -2.41. The van der Waals surface area contributed by atoms with Gasteiger partial charge in [-0.05, 0) is 32.9 Å². The zero-order valence-electron chi connectivity index (χ0n) is 14.1. The highest BCUT2D eigenvalue weighted by atomic mass is 16.6. The first kappa shape index (κ1) is 17.1. The molecule has 0 unspecified atom stereocenters. The summed E-state index contributed by atoms with van der Waals surface area (Å²) >= 11 is 0. The van der Waals surface area contributed by atoms with Gasteiger partial charge in [0, 0.05) is 18.8 Å². The van der Waals surface area contributed by atoms with Crippen LogP contribution in [-0.4, -0.2) is 55.3 Å². The van der Waals surface area contributed by atoms with Gasteiger partial charge in [-0.1, -0.05) is 18.2 Å². The van der Waals surface area contributed by atoms with E-state index < -0.39 is 17.7 Å². The number of piperazine rings is 1. The van der Waals surface area contributed by atoms with E-state index in [9.17, 15) is 9.59 Å². The van der Waals surface area contributed by atoms with Crippen molar-refractivity contribution in [3.05, 3.63) is 30.3 Å². The Labute approximate surface area is 137 Å². The molecule has 1 aliphatic heterocycles. The van der Waals surface area contributed by atoms with E-state index in [4.69, 9.17) is 9.47 Å². The van der Waals surface area contributed by atoms with E-state index in [1.807, 2.05) is 56.0 Å².